The Labute approximate surface area is 221 Å². The van der Waals surface area contributed by atoms with E-state index in [1.54, 1.807) is 20.4 Å². The van der Waals surface area contributed by atoms with Crippen molar-refractivity contribution in [2.45, 2.75) is 12.8 Å². The van der Waals surface area contributed by atoms with Crippen LogP contribution in [0.1, 0.15) is 18.4 Å². The number of hydrogen-bond donors (Lipinski definition) is 3. The molecule has 3 aromatic rings. The van der Waals surface area contributed by atoms with Gasteiger partial charge in [0, 0.05) is 38.3 Å². The highest BCUT2D eigenvalue weighted by atomic mass is 16.5. The molecule has 1 aliphatic heterocycles. The largest absolute Gasteiger partial charge is 0.497 e. The van der Waals surface area contributed by atoms with Crippen molar-refractivity contribution in [1.29, 1.82) is 0 Å². The fourth-order valence-corrected chi connectivity index (χ4v) is 4.07. The average Bonchev–Trinajstić information content (AvgIpc) is 2.94. The Balaban J connectivity index is 0.000000436. The van der Waals surface area contributed by atoms with E-state index in [0.29, 0.717) is 17.9 Å². The van der Waals surface area contributed by atoms with Crippen molar-refractivity contribution >= 4 is 34.1 Å². The lowest BCUT2D eigenvalue weighted by molar-refractivity contribution is -0.134. The molecule has 0 unspecified atom stereocenters. The fourth-order valence-electron chi connectivity index (χ4n) is 4.07. The predicted molar refractivity (Wildman–Crippen MR) is 146 cm³/mol. The number of aromatic nitrogens is 2. The molecule has 2 aromatic carbocycles. The Hall–Kier alpha value is -4.44. The van der Waals surface area contributed by atoms with E-state index in [-0.39, 0.29) is 0 Å². The molecule has 10 nitrogen and oxygen atoms in total. The third kappa shape index (κ3) is 8.31. The molecule has 0 amide bonds. The standard InChI is InChI=1S/C24H28N4O2.C4H4O4/c1-29-20-8-7-18-5-3-6-21(22(18)15-20)19-9-13-28(14-10-19)12-4-11-26-24-23(30-2)16-25-17-27-24;5-3(6)1-2-4(7)8/h3,5-9,15-17H,4,10-14H2,1-2H3,(H,25,26,27);1-2H,(H,5,6)(H,7,8). The van der Waals surface area contributed by atoms with Crippen molar-refractivity contribution < 1.29 is 29.3 Å². The molecule has 0 saturated heterocycles. The summed E-state index contributed by atoms with van der Waals surface area (Å²) in [5.41, 5.74) is 2.75. The van der Waals surface area contributed by atoms with Gasteiger partial charge < -0.3 is 25.0 Å². The van der Waals surface area contributed by atoms with Crippen LogP contribution in [0.25, 0.3) is 16.3 Å². The molecule has 1 aromatic heterocycles. The first-order chi connectivity index (χ1) is 18.4. The number of nitrogens with one attached hydrogen (secondary N) is 1. The number of benzene rings is 2. The maximum absolute atomic E-state index is 9.55. The number of ether oxygens (including phenoxy) is 2. The summed E-state index contributed by atoms with van der Waals surface area (Å²) in [4.78, 5) is 29.8. The van der Waals surface area contributed by atoms with E-state index >= 15 is 0 Å². The van der Waals surface area contributed by atoms with Crippen LogP contribution in [0.5, 0.6) is 11.5 Å². The molecule has 0 fully saturated rings. The van der Waals surface area contributed by atoms with Crippen LogP contribution in [0.2, 0.25) is 0 Å². The number of rotatable bonds is 10. The third-order valence-electron chi connectivity index (χ3n) is 5.94. The molecule has 1 aliphatic rings. The lowest BCUT2D eigenvalue weighted by Crippen LogP contribution is -2.30. The van der Waals surface area contributed by atoms with Gasteiger partial charge in [-0.2, -0.15) is 0 Å². The fraction of sp³-hybridized carbons (Fsp3) is 0.286. The zero-order valence-corrected chi connectivity index (χ0v) is 21.5. The van der Waals surface area contributed by atoms with Gasteiger partial charge in [-0.25, -0.2) is 19.6 Å². The Bertz CT molecular complexity index is 1290. The minimum absolute atomic E-state index is 0.558. The van der Waals surface area contributed by atoms with Crippen LogP contribution in [0.15, 0.2) is 67.2 Å². The van der Waals surface area contributed by atoms with Crippen LogP contribution in [-0.4, -0.2) is 77.4 Å². The number of hydrogen-bond acceptors (Lipinski definition) is 8. The maximum atomic E-state index is 9.55. The summed E-state index contributed by atoms with van der Waals surface area (Å²) in [6.45, 7) is 3.95. The highest BCUT2D eigenvalue weighted by Crippen LogP contribution is 2.31. The van der Waals surface area contributed by atoms with Gasteiger partial charge >= 0.3 is 11.9 Å². The SMILES string of the molecule is COc1ccc2cccc(C3=CCN(CCCNc4ncncc4OC)CC3)c2c1.O=C(O)C=CC(=O)O. The average molecular weight is 521 g/mol. The molecule has 0 atom stereocenters. The van der Waals surface area contributed by atoms with E-state index in [2.05, 4.69) is 56.6 Å². The van der Waals surface area contributed by atoms with Crippen LogP contribution in [0.4, 0.5) is 5.82 Å². The van der Waals surface area contributed by atoms with E-state index < -0.39 is 11.9 Å². The number of aliphatic carboxylic acids is 2. The second kappa shape index (κ2) is 14.3. The highest BCUT2D eigenvalue weighted by Gasteiger charge is 2.15. The van der Waals surface area contributed by atoms with Crippen LogP contribution >= 0.6 is 0 Å². The first kappa shape index (κ1) is 28.1. The Morgan fingerprint density at radius 1 is 1.11 bits per heavy atom. The molecule has 0 bridgehead atoms. The molecular weight excluding hydrogens is 488 g/mol. The quantitative estimate of drug-likeness (QED) is 0.266. The molecule has 10 heteroatoms. The van der Waals surface area contributed by atoms with Crippen molar-refractivity contribution in [1.82, 2.24) is 14.9 Å². The molecule has 0 radical (unpaired) electrons. The summed E-state index contributed by atoms with van der Waals surface area (Å²) in [6.07, 6.45) is 8.80. The predicted octanol–water partition coefficient (Wildman–Crippen LogP) is 3.95. The number of anilines is 1. The zero-order chi connectivity index (χ0) is 27.3. The van der Waals surface area contributed by atoms with Crippen molar-refractivity contribution in [3.63, 3.8) is 0 Å². The summed E-state index contributed by atoms with van der Waals surface area (Å²) < 4.78 is 10.7. The third-order valence-corrected chi connectivity index (χ3v) is 5.94. The second-order valence-electron chi connectivity index (χ2n) is 8.40. The second-order valence-corrected chi connectivity index (χ2v) is 8.40. The van der Waals surface area contributed by atoms with Crippen molar-refractivity contribution in [2.75, 3.05) is 45.7 Å². The minimum Gasteiger partial charge on any atom is -0.497 e. The van der Waals surface area contributed by atoms with E-state index in [0.717, 1.165) is 50.6 Å². The number of fused-ring (bicyclic) bond motifs is 1. The van der Waals surface area contributed by atoms with E-state index in [4.69, 9.17) is 19.7 Å². The molecule has 3 N–H and O–H groups in total. The van der Waals surface area contributed by atoms with Crippen molar-refractivity contribution in [3.05, 3.63) is 72.7 Å². The van der Waals surface area contributed by atoms with Crippen molar-refractivity contribution in [2.24, 2.45) is 0 Å². The normalized spacial score (nSPS) is 13.4. The minimum atomic E-state index is -1.26. The summed E-state index contributed by atoms with van der Waals surface area (Å²) in [5, 5.41) is 21.5. The Kier molecular flexibility index (Phi) is 10.6. The van der Waals surface area contributed by atoms with E-state index in [9.17, 15) is 9.59 Å². The molecule has 0 aliphatic carbocycles. The number of carboxylic acid groups (broad SMARTS) is 2. The van der Waals surface area contributed by atoms with Crippen LogP contribution < -0.4 is 14.8 Å². The Morgan fingerprint density at radius 2 is 1.89 bits per heavy atom. The number of methoxy groups -OCH3 is 2. The topological polar surface area (TPSA) is 134 Å². The van der Waals surface area contributed by atoms with Gasteiger partial charge in [-0.15, -0.1) is 0 Å². The smallest absolute Gasteiger partial charge is 0.328 e. The Morgan fingerprint density at radius 3 is 2.55 bits per heavy atom. The first-order valence-corrected chi connectivity index (χ1v) is 12.1. The van der Waals surface area contributed by atoms with E-state index in [1.165, 1.54) is 28.2 Å². The van der Waals surface area contributed by atoms with Gasteiger partial charge in [-0.1, -0.05) is 30.3 Å². The summed E-state index contributed by atoms with van der Waals surface area (Å²) in [6, 6.07) is 12.8. The molecule has 4 rings (SSSR count). The molecule has 0 spiro atoms. The molecular formula is C28H32N4O6. The van der Waals surface area contributed by atoms with Gasteiger partial charge in [-0.05, 0) is 46.9 Å². The zero-order valence-electron chi connectivity index (χ0n) is 21.5. The van der Waals surface area contributed by atoms with Crippen LogP contribution in [0.3, 0.4) is 0 Å². The lowest BCUT2D eigenvalue weighted by Gasteiger charge is -2.27. The van der Waals surface area contributed by atoms with Gasteiger partial charge in [0.15, 0.2) is 11.6 Å². The first-order valence-electron chi connectivity index (χ1n) is 12.1. The van der Waals surface area contributed by atoms with Gasteiger partial charge in [-0.3, -0.25) is 4.90 Å². The molecule has 2 heterocycles. The highest BCUT2D eigenvalue weighted by molar-refractivity contribution is 5.95. The summed E-state index contributed by atoms with van der Waals surface area (Å²) >= 11 is 0. The van der Waals surface area contributed by atoms with Crippen LogP contribution in [0, 0.1) is 0 Å². The number of carbonyl (C=O) groups is 2. The summed E-state index contributed by atoms with van der Waals surface area (Å²) in [7, 11) is 3.35. The van der Waals surface area contributed by atoms with Gasteiger partial charge in [0.25, 0.3) is 0 Å². The van der Waals surface area contributed by atoms with Crippen molar-refractivity contribution in [3.8, 4) is 11.5 Å². The number of nitrogens with zero attached hydrogens (tertiary/aromatic N) is 3. The van der Waals surface area contributed by atoms with Gasteiger partial charge in [0.05, 0.1) is 20.4 Å². The molecule has 200 valence electrons. The lowest BCUT2D eigenvalue weighted by atomic mass is 9.94. The van der Waals surface area contributed by atoms with Gasteiger partial charge in [0.1, 0.15) is 12.1 Å². The van der Waals surface area contributed by atoms with Gasteiger partial charge in [0.2, 0.25) is 0 Å². The number of carboxylic acids is 2. The van der Waals surface area contributed by atoms with Crippen LogP contribution in [-0.2, 0) is 9.59 Å². The summed E-state index contributed by atoms with van der Waals surface area (Å²) in [5.74, 6) is -0.185. The molecule has 38 heavy (non-hydrogen) atoms. The molecule has 0 saturated carbocycles. The maximum Gasteiger partial charge on any atom is 0.328 e. The monoisotopic (exact) mass is 520 g/mol. The van der Waals surface area contributed by atoms with E-state index in [1.807, 2.05) is 6.07 Å².